The van der Waals surface area contributed by atoms with Crippen LogP contribution in [0.25, 0.3) is 0 Å². The van der Waals surface area contributed by atoms with Gasteiger partial charge in [-0.2, -0.15) is 4.31 Å². The van der Waals surface area contributed by atoms with Gasteiger partial charge in [0.25, 0.3) is 0 Å². The van der Waals surface area contributed by atoms with Crippen LogP contribution in [0.15, 0.2) is 23.1 Å². The van der Waals surface area contributed by atoms with Crippen LogP contribution >= 0.6 is 24.0 Å². The Labute approximate surface area is 141 Å². The van der Waals surface area contributed by atoms with Crippen molar-refractivity contribution in [2.75, 3.05) is 20.2 Å². The molecule has 22 heavy (non-hydrogen) atoms. The Morgan fingerprint density at radius 3 is 2.73 bits per heavy atom. The van der Waals surface area contributed by atoms with Crippen LogP contribution in [-0.4, -0.2) is 44.9 Å². The Bertz CT molecular complexity index is 651. The molecule has 6 nitrogen and oxygen atoms in total. The normalized spacial score (nSPS) is 18.8. The summed E-state index contributed by atoms with van der Waals surface area (Å²) >= 11 is 5.92. The number of nitrogens with two attached hydrogens (primary N) is 1. The lowest BCUT2D eigenvalue weighted by Gasteiger charge is -2.23. The van der Waals surface area contributed by atoms with Crippen molar-refractivity contribution in [1.82, 2.24) is 4.31 Å². The minimum atomic E-state index is -3.73. The maximum Gasteiger partial charge on any atom is 0.337 e. The third-order valence-electron chi connectivity index (χ3n) is 3.49. The molecule has 1 saturated heterocycles. The first kappa shape index (κ1) is 19.2. The molecule has 1 unspecified atom stereocenters. The number of rotatable bonds is 4. The zero-order chi connectivity index (χ0) is 15.6. The number of carbonyl (C=O) groups excluding carboxylic acids is 1. The van der Waals surface area contributed by atoms with Crippen LogP contribution in [0.4, 0.5) is 0 Å². The van der Waals surface area contributed by atoms with E-state index in [1.165, 1.54) is 29.6 Å². The van der Waals surface area contributed by atoms with E-state index in [2.05, 4.69) is 4.74 Å². The average Bonchev–Trinajstić information content (AvgIpc) is 2.95. The number of nitrogens with zero attached hydrogens (tertiary/aromatic N) is 1. The summed E-state index contributed by atoms with van der Waals surface area (Å²) in [6.07, 6.45) is 1.51. The molecule has 1 aliphatic heterocycles. The van der Waals surface area contributed by atoms with E-state index >= 15 is 0 Å². The highest BCUT2D eigenvalue weighted by atomic mass is 35.5. The number of hydrogen-bond donors (Lipinski definition) is 1. The summed E-state index contributed by atoms with van der Waals surface area (Å²) in [5.74, 6) is -0.634. The minimum Gasteiger partial charge on any atom is -0.465 e. The SMILES string of the molecule is COC(=O)c1cc(Cl)cc(S(=O)(=O)N2CCCC2CN)c1.Cl. The number of sulfonamides is 1. The largest absolute Gasteiger partial charge is 0.465 e. The van der Waals surface area contributed by atoms with Crippen LogP contribution in [0.5, 0.6) is 0 Å². The number of ether oxygens (including phenoxy) is 1. The molecular weight excluding hydrogens is 351 g/mol. The third kappa shape index (κ3) is 3.72. The lowest BCUT2D eigenvalue weighted by molar-refractivity contribution is 0.0600. The number of esters is 1. The van der Waals surface area contributed by atoms with E-state index < -0.39 is 16.0 Å². The first-order valence-corrected chi connectivity index (χ1v) is 8.32. The van der Waals surface area contributed by atoms with Crippen molar-refractivity contribution in [2.24, 2.45) is 5.73 Å². The molecular formula is C13H18Cl2N2O4S. The van der Waals surface area contributed by atoms with Crippen LogP contribution < -0.4 is 5.73 Å². The number of halogens is 2. The summed E-state index contributed by atoms with van der Waals surface area (Å²) < 4.78 is 31.3. The third-order valence-corrected chi connectivity index (χ3v) is 5.64. The highest BCUT2D eigenvalue weighted by Gasteiger charge is 2.35. The van der Waals surface area contributed by atoms with Gasteiger partial charge in [0.2, 0.25) is 10.0 Å². The van der Waals surface area contributed by atoms with E-state index in [4.69, 9.17) is 17.3 Å². The fourth-order valence-corrected chi connectivity index (χ4v) is 4.52. The van der Waals surface area contributed by atoms with Crippen molar-refractivity contribution in [1.29, 1.82) is 0 Å². The molecule has 1 aliphatic rings. The minimum absolute atomic E-state index is 0. The molecule has 0 aromatic heterocycles. The predicted octanol–water partition coefficient (Wildman–Crippen LogP) is 1.66. The molecule has 2 N–H and O–H groups in total. The fraction of sp³-hybridized carbons (Fsp3) is 0.462. The summed E-state index contributed by atoms with van der Waals surface area (Å²) in [5, 5.41) is 0.167. The van der Waals surface area contributed by atoms with Gasteiger partial charge in [0, 0.05) is 24.2 Å². The van der Waals surface area contributed by atoms with E-state index in [1.807, 2.05) is 0 Å². The second-order valence-corrected chi connectivity index (χ2v) is 7.14. The van der Waals surface area contributed by atoms with Gasteiger partial charge in [-0.25, -0.2) is 13.2 Å². The molecule has 2 rings (SSSR count). The Hall–Kier alpha value is -0.860. The van der Waals surface area contributed by atoms with Crippen molar-refractivity contribution in [2.45, 2.75) is 23.8 Å². The van der Waals surface area contributed by atoms with Gasteiger partial charge in [-0.05, 0) is 31.0 Å². The summed E-state index contributed by atoms with van der Waals surface area (Å²) in [6.45, 7) is 0.688. The number of methoxy groups -OCH3 is 1. The average molecular weight is 369 g/mol. The molecule has 0 spiro atoms. The molecule has 0 amide bonds. The standard InChI is InChI=1S/C13H17ClN2O4S.ClH/c1-20-13(17)9-5-10(14)7-12(6-9)21(18,19)16-4-2-3-11(16)8-15;/h5-7,11H,2-4,8,15H2,1H3;1H. The lowest BCUT2D eigenvalue weighted by Crippen LogP contribution is -2.39. The molecule has 9 heteroatoms. The van der Waals surface area contributed by atoms with E-state index in [0.717, 1.165) is 12.8 Å². The lowest BCUT2D eigenvalue weighted by atomic mass is 10.2. The number of hydrogen-bond acceptors (Lipinski definition) is 5. The van der Waals surface area contributed by atoms with Crippen LogP contribution in [0.1, 0.15) is 23.2 Å². The van der Waals surface area contributed by atoms with E-state index in [1.54, 1.807) is 0 Å². The Kier molecular flexibility index (Phi) is 6.64. The van der Waals surface area contributed by atoms with Crippen molar-refractivity contribution in [3.05, 3.63) is 28.8 Å². The van der Waals surface area contributed by atoms with Crippen LogP contribution in [0.3, 0.4) is 0 Å². The van der Waals surface area contributed by atoms with Gasteiger partial charge in [-0.1, -0.05) is 11.6 Å². The fourth-order valence-electron chi connectivity index (χ4n) is 2.44. The highest BCUT2D eigenvalue weighted by Crippen LogP contribution is 2.28. The van der Waals surface area contributed by atoms with Gasteiger partial charge in [-0.15, -0.1) is 12.4 Å². The Balaban J connectivity index is 0.00000242. The molecule has 1 fully saturated rings. The maximum absolute atomic E-state index is 12.7. The summed E-state index contributed by atoms with van der Waals surface area (Å²) in [6, 6.07) is 3.76. The molecule has 0 saturated carbocycles. The topological polar surface area (TPSA) is 89.7 Å². The second-order valence-electron chi connectivity index (χ2n) is 4.81. The first-order chi connectivity index (χ1) is 9.90. The van der Waals surface area contributed by atoms with E-state index in [9.17, 15) is 13.2 Å². The summed E-state index contributed by atoms with van der Waals surface area (Å²) in [5.41, 5.74) is 5.73. The molecule has 1 atom stereocenters. The van der Waals surface area contributed by atoms with Crippen LogP contribution in [0, 0.1) is 0 Å². The molecule has 0 aliphatic carbocycles. The van der Waals surface area contributed by atoms with Gasteiger partial charge in [0.05, 0.1) is 17.6 Å². The van der Waals surface area contributed by atoms with Gasteiger partial charge in [0.15, 0.2) is 0 Å². The predicted molar refractivity (Wildman–Crippen MR) is 86.0 cm³/mol. The quantitative estimate of drug-likeness (QED) is 0.816. The van der Waals surface area contributed by atoms with Crippen molar-refractivity contribution in [3.63, 3.8) is 0 Å². The molecule has 1 aromatic rings. The Morgan fingerprint density at radius 1 is 1.45 bits per heavy atom. The molecule has 0 bridgehead atoms. The zero-order valence-electron chi connectivity index (χ0n) is 12.0. The zero-order valence-corrected chi connectivity index (χ0v) is 14.4. The molecule has 124 valence electrons. The van der Waals surface area contributed by atoms with Gasteiger partial charge >= 0.3 is 5.97 Å². The van der Waals surface area contributed by atoms with Crippen molar-refractivity contribution in [3.8, 4) is 0 Å². The van der Waals surface area contributed by atoms with Crippen LogP contribution in [0.2, 0.25) is 5.02 Å². The first-order valence-electron chi connectivity index (χ1n) is 6.51. The van der Waals surface area contributed by atoms with E-state index in [0.29, 0.717) is 6.54 Å². The van der Waals surface area contributed by atoms with Gasteiger partial charge in [-0.3, -0.25) is 0 Å². The van der Waals surface area contributed by atoms with E-state index in [-0.39, 0.29) is 40.5 Å². The highest BCUT2D eigenvalue weighted by molar-refractivity contribution is 7.89. The van der Waals surface area contributed by atoms with Gasteiger partial charge < -0.3 is 10.5 Å². The molecule has 0 radical (unpaired) electrons. The van der Waals surface area contributed by atoms with Crippen molar-refractivity contribution < 1.29 is 17.9 Å². The number of benzene rings is 1. The maximum atomic E-state index is 12.7. The summed E-state index contributed by atoms with van der Waals surface area (Å²) in [4.78, 5) is 11.6. The van der Waals surface area contributed by atoms with Crippen molar-refractivity contribution >= 4 is 40.0 Å². The monoisotopic (exact) mass is 368 g/mol. The smallest absolute Gasteiger partial charge is 0.337 e. The van der Waals surface area contributed by atoms with Gasteiger partial charge in [0.1, 0.15) is 0 Å². The molecule has 1 aromatic carbocycles. The second kappa shape index (κ2) is 7.61. The molecule has 1 heterocycles. The van der Waals surface area contributed by atoms with Crippen LogP contribution in [-0.2, 0) is 14.8 Å². The Morgan fingerprint density at radius 2 is 2.14 bits per heavy atom. The number of carbonyl (C=O) groups is 1. The summed E-state index contributed by atoms with van der Waals surface area (Å²) in [7, 11) is -2.50.